The summed E-state index contributed by atoms with van der Waals surface area (Å²) in [5.74, 6) is -8.44. The number of hydrogen-bond donors (Lipinski definition) is 3. The van der Waals surface area contributed by atoms with Gasteiger partial charge in [0.05, 0.1) is 6.04 Å². The van der Waals surface area contributed by atoms with Crippen molar-refractivity contribution in [2.45, 2.75) is 24.4 Å². The van der Waals surface area contributed by atoms with Gasteiger partial charge in [-0.25, -0.2) is 9.18 Å². The van der Waals surface area contributed by atoms with Crippen LogP contribution in [-0.4, -0.2) is 28.9 Å². The third kappa shape index (κ3) is 4.60. The van der Waals surface area contributed by atoms with Crippen molar-refractivity contribution >= 4 is 11.9 Å². The molecule has 0 aliphatic heterocycles. The molecule has 0 radical (unpaired) electrons. The summed E-state index contributed by atoms with van der Waals surface area (Å²) in [6.07, 6.45) is -0.0301. The zero-order chi connectivity index (χ0) is 19.3. The number of rotatable bonds is 8. The first kappa shape index (κ1) is 19.5. The average Bonchev–Trinajstić information content (AvgIpc) is 2.58. The number of primary amides is 1. The van der Waals surface area contributed by atoms with E-state index in [0.717, 1.165) is 18.2 Å². The molecule has 1 unspecified atom stereocenters. The summed E-state index contributed by atoms with van der Waals surface area (Å²) in [5, 5.41) is 11.2. The Labute approximate surface area is 147 Å². The molecule has 0 saturated heterocycles. The minimum atomic E-state index is -4.29. The average molecular weight is 366 g/mol. The van der Waals surface area contributed by atoms with Gasteiger partial charge >= 0.3 is 11.9 Å². The highest BCUT2D eigenvalue weighted by atomic mass is 19.3. The number of carboxylic acids is 1. The number of hydrogen-bond acceptors (Lipinski definition) is 3. The minimum Gasteiger partial charge on any atom is -0.477 e. The van der Waals surface area contributed by atoms with Crippen molar-refractivity contribution < 1.29 is 27.9 Å². The van der Waals surface area contributed by atoms with E-state index in [2.05, 4.69) is 5.32 Å². The van der Waals surface area contributed by atoms with E-state index >= 15 is 0 Å². The maximum atomic E-state index is 14.3. The zero-order valence-corrected chi connectivity index (χ0v) is 13.5. The fourth-order valence-corrected chi connectivity index (χ4v) is 2.51. The molecule has 0 bridgehead atoms. The lowest BCUT2D eigenvalue weighted by Crippen LogP contribution is -2.51. The maximum absolute atomic E-state index is 14.3. The summed E-state index contributed by atoms with van der Waals surface area (Å²) in [5.41, 5.74) is 5.62. The zero-order valence-electron chi connectivity index (χ0n) is 13.5. The number of carbonyl (C=O) groups excluding carboxylic acids is 1. The molecule has 1 amide bonds. The van der Waals surface area contributed by atoms with Crippen LogP contribution in [0.2, 0.25) is 0 Å². The van der Waals surface area contributed by atoms with Crippen molar-refractivity contribution in [3.05, 3.63) is 71.5 Å². The summed E-state index contributed by atoms with van der Waals surface area (Å²) < 4.78 is 42.0. The number of carboxylic acid groups (broad SMARTS) is 1. The molecular formula is C18H17F3N2O3. The highest BCUT2D eigenvalue weighted by Gasteiger charge is 2.49. The van der Waals surface area contributed by atoms with Gasteiger partial charge in [-0.05, 0) is 29.7 Å². The van der Waals surface area contributed by atoms with Gasteiger partial charge in [-0.2, -0.15) is 8.78 Å². The van der Waals surface area contributed by atoms with Gasteiger partial charge in [-0.15, -0.1) is 0 Å². The van der Waals surface area contributed by atoms with Crippen LogP contribution in [-0.2, 0) is 16.0 Å². The standard InChI is InChI=1S/C18H17F3N2O3/c19-13-8-4-7-12(10-13)15(18(20,21)17(25)26)23-14(16(22)24)9-11-5-2-1-3-6-11/h1-8,10,14-15,23H,9H2,(H2,22,24)(H,25,26)/t14-,15?/m0/s1. The van der Waals surface area contributed by atoms with Gasteiger partial charge in [-0.3, -0.25) is 10.1 Å². The van der Waals surface area contributed by atoms with Crippen LogP contribution in [0.3, 0.4) is 0 Å². The summed E-state index contributed by atoms with van der Waals surface area (Å²) >= 11 is 0. The van der Waals surface area contributed by atoms with Crippen molar-refractivity contribution in [3.63, 3.8) is 0 Å². The Morgan fingerprint density at radius 2 is 1.77 bits per heavy atom. The van der Waals surface area contributed by atoms with Crippen LogP contribution in [0.4, 0.5) is 13.2 Å². The fraction of sp³-hybridized carbons (Fsp3) is 0.222. The van der Waals surface area contributed by atoms with Crippen LogP contribution in [0, 0.1) is 5.82 Å². The highest BCUT2D eigenvalue weighted by Crippen LogP contribution is 2.32. The van der Waals surface area contributed by atoms with E-state index in [1.54, 1.807) is 30.3 Å². The molecule has 0 aliphatic carbocycles. The highest BCUT2D eigenvalue weighted by molar-refractivity contribution is 5.81. The monoisotopic (exact) mass is 366 g/mol. The minimum absolute atomic E-state index is 0.0301. The van der Waals surface area contributed by atoms with Crippen LogP contribution < -0.4 is 11.1 Å². The summed E-state index contributed by atoms with van der Waals surface area (Å²) in [6, 6.07) is 9.20. The van der Waals surface area contributed by atoms with E-state index in [1.165, 1.54) is 6.07 Å². The van der Waals surface area contributed by atoms with E-state index in [1.807, 2.05) is 0 Å². The van der Waals surface area contributed by atoms with Crippen LogP contribution >= 0.6 is 0 Å². The normalized spacial score (nSPS) is 13.8. The van der Waals surface area contributed by atoms with E-state index in [9.17, 15) is 22.8 Å². The molecule has 0 aliphatic rings. The summed E-state index contributed by atoms with van der Waals surface area (Å²) in [7, 11) is 0. The molecule has 138 valence electrons. The molecule has 2 rings (SSSR count). The number of aliphatic carboxylic acids is 1. The number of carbonyl (C=O) groups is 2. The number of halogens is 3. The van der Waals surface area contributed by atoms with Gasteiger partial charge < -0.3 is 10.8 Å². The number of nitrogens with one attached hydrogen (secondary N) is 1. The third-order valence-corrected chi connectivity index (χ3v) is 3.82. The predicted octanol–water partition coefficient (Wildman–Crippen LogP) is 2.27. The number of amides is 1. The summed E-state index contributed by atoms with van der Waals surface area (Å²) in [6.45, 7) is 0. The largest absolute Gasteiger partial charge is 0.477 e. The smallest absolute Gasteiger partial charge is 0.376 e. The number of alkyl halides is 2. The molecule has 8 heteroatoms. The second-order valence-corrected chi connectivity index (χ2v) is 5.73. The van der Waals surface area contributed by atoms with E-state index in [4.69, 9.17) is 10.8 Å². The van der Waals surface area contributed by atoms with Gasteiger partial charge in [0, 0.05) is 0 Å². The first-order valence-electron chi connectivity index (χ1n) is 7.67. The molecule has 2 atom stereocenters. The first-order chi connectivity index (χ1) is 12.2. The van der Waals surface area contributed by atoms with Gasteiger partial charge in [0.1, 0.15) is 11.9 Å². The van der Waals surface area contributed by atoms with E-state index in [-0.39, 0.29) is 12.0 Å². The van der Waals surface area contributed by atoms with Crippen molar-refractivity contribution in [3.8, 4) is 0 Å². The Balaban J connectivity index is 2.37. The Hall–Kier alpha value is -2.87. The molecule has 4 N–H and O–H groups in total. The predicted molar refractivity (Wildman–Crippen MR) is 88.0 cm³/mol. The van der Waals surface area contributed by atoms with Gasteiger partial charge in [0.25, 0.3) is 0 Å². The molecule has 26 heavy (non-hydrogen) atoms. The molecule has 0 fully saturated rings. The van der Waals surface area contributed by atoms with E-state index < -0.39 is 35.7 Å². The maximum Gasteiger partial charge on any atom is 0.376 e. The van der Waals surface area contributed by atoms with Gasteiger partial charge in [0.15, 0.2) is 0 Å². The Morgan fingerprint density at radius 1 is 1.12 bits per heavy atom. The molecular weight excluding hydrogens is 349 g/mol. The molecule has 0 aromatic heterocycles. The van der Waals surface area contributed by atoms with Gasteiger partial charge in [0.2, 0.25) is 5.91 Å². The molecule has 0 heterocycles. The lowest BCUT2D eigenvalue weighted by atomic mass is 9.97. The number of nitrogens with two attached hydrogens (primary N) is 1. The molecule has 2 aromatic rings. The quantitative estimate of drug-likeness (QED) is 0.668. The molecule has 5 nitrogen and oxygen atoms in total. The van der Waals surface area contributed by atoms with Crippen LogP contribution in [0.15, 0.2) is 54.6 Å². The van der Waals surface area contributed by atoms with E-state index in [0.29, 0.717) is 5.56 Å². The Morgan fingerprint density at radius 3 is 2.31 bits per heavy atom. The SMILES string of the molecule is NC(=O)[C@H](Cc1ccccc1)NC(c1cccc(F)c1)C(F)(F)C(=O)O. The van der Waals surface area contributed by atoms with Crippen LogP contribution in [0.25, 0.3) is 0 Å². The lowest BCUT2D eigenvalue weighted by Gasteiger charge is -2.28. The van der Waals surface area contributed by atoms with Crippen molar-refractivity contribution in [1.29, 1.82) is 0 Å². The van der Waals surface area contributed by atoms with Gasteiger partial charge in [-0.1, -0.05) is 42.5 Å². The Kier molecular flexibility index (Phi) is 5.99. The Bertz CT molecular complexity index is 784. The fourth-order valence-electron chi connectivity index (χ4n) is 2.51. The van der Waals surface area contributed by atoms with Crippen molar-refractivity contribution in [2.24, 2.45) is 5.73 Å². The van der Waals surface area contributed by atoms with Crippen molar-refractivity contribution in [1.82, 2.24) is 5.32 Å². The second kappa shape index (κ2) is 8.01. The van der Waals surface area contributed by atoms with Crippen LogP contribution in [0.1, 0.15) is 17.2 Å². The first-order valence-corrected chi connectivity index (χ1v) is 7.67. The molecule has 0 spiro atoms. The lowest BCUT2D eigenvalue weighted by molar-refractivity contribution is -0.170. The topological polar surface area (TPSA) is 92.4 Å². The third-order valence-electron chi connectivity index (χ3n) is 3.82. The molecule has 0 saturated carbocycles. The number of benzene rings is 2. The summed E-state index contributed by atoms with van der Waals surface area (Å²) in [4.78, 5) is 22.8. The van der Waals surface area contributed by atoms with Crippen LogP contribution in [0.5, 0.6) is 0 Å². The molecule has 2 aromatic carbocycles. The second-order valence-electron chi connectivity index (χ2n) is 5.73. The van der Waals surface area contributed by atoms with Crippen molar-refractivity contribution in [2.75, 3.05) is 0 Å².